The van der Waals surface area contributed by atoms with Crippen LogP contribution < -0.4 is 5.32 Å². The van der Waals surface area contributed by atoms with Gasteiger partial charge in [0, 0.05) is 17.7 Å². The van der Waals surface area contributed by atoms with Crippen LogP contribution >= 0.6 is 11.8 Å². The fraction of sp³-hybridized carbons (Fsp3) is 0.533. The van der Waals surface area contributed by atoms with Crippen molar-refractivity contribution >= 4 is 17.8 Å². The van der Waals surface area contributed by atoms with E-state index in [4.69, 9.17) is 0 Å². The lowest BCUT2D eigenvalue weighted by atomic mass is 10.0. The summed E-state index contributed by atoms with van der Waals surface area (Å²) < 4.78 is 13.4. The standard InChI is InChI=1S/C15H21FN2O2S/c1-15(2,20)9-18(3)14(19)17-12-6-7-21-13-5-4-10(16)8-11(12)13/h4-5,8,12,20H,6-7,9H2,1-3H3,(H,17,19). The zero-order chi connectivity index (χ0) is 15.6. The summed E-state index contributed by atoms with van der Waals surface area (Å²) in [5.41, 5.74) is -0.116. The Bertz CT molecular complexity index is 531. The van der Waals surface area contributed by atoms with Crippen LogP contribution in [-0.4, -0.2) is 41.0 Å². The molecule has 116 valence electrons. The van der Waals surface area contributed by atoms with E-state index in [1.165, 1.54) is 17.0 Å². The number of likely N-dealkylation sites (N-methyl/N-ethyl adjacent to an activating group) is 1. The third-order valence-corrected chi connectivity index (χ3v) is 4.40. The van der Waals surface area contributed by atoms with Crippen molar-refractivity contribution in [3.05, 3.63) is 29.6 Å². The summed E-state index contributed by atoms with van der Waals surface area (Å²) in [7, 11) is 1.64. The van der Waals surface area contributed by atoms with Gasteiger partial charge in [0.25, 0.3) is 0 Å². The predicted molar refractivity (Wildman–Crippen MR) is 81.9 cm³/mol. The number of carbonyl (C=O) groups is 1. The first kappa shape index (κ1) is 16.1. The van der Waals surface area contributed by atoms with Crippen LogP contribution in [0.1, 0.15) is 31.9 Å². The summed E-state index contributed by atoms with van der Waals surface area (Å²) in [6.07, 6.45) is 0.767. The molecule has 1 unspecified atom stereocenters. The molecule has 0 saturated heterocycles. The largest absolute Gasteiger partial charge is 0.389 e. The topological polar surface area (TPSA) is 52.6 Å². The highest BCUT2D eigenvalue weighted by Gasteiger charge is 2.25. The summed E-state index contributed by atoms with van der Waals surface area (Å²) in [5, 5.41) is 12.7. The molecule has 2 amide bonds. The van der Waals surface area contributed by atoms with Crippen LogP contribution in [-0.2, 0) is 0 Å². The first-order valence-electron chi connectivity index (χ1n) is 6.92. The molecule has 1 aromatic carbocycles. The van der Waals surface area contributed by atoms with Gasteiger partial charge in [-0.05, 0) is 44.0 Å². The van der Waals surface area contributed by atoms with Crippen molar-refractivity contribution in [1.82, 2.24) is 10.2 Å². The Morgan fingerprint density at radius 1 is 1.57 bits per heavy atom. The van der Waals surface area contributed by atoms with Gasteiger partial charge in [0.2, 0.25) is 0 Å². The summed E-state index contributed by atoms with van der Waals surface area (Å²) in [4.78, 5) is 14.6. The van der Waals surface area contributed by atoms with Gasteiger partial charge in [-0.1, -0.05) is 0 Å². The monoisotopic (exact) mass is 312 g/mol. The molecule has 0 radical (unpaired) electrons. The number of aliphatic hydroxyl groups is 1. The Kier molecular flexibility index (Phi) is 4.78. The minimum absolute atomic E-state index is 0.186. The maximum absolute atomic E-state index is 13.4. The Labute approximate surface area is 128 Å². The molecule has 0 aliphatic carbocycles. The first-order chi connectivity index (χ1) is 9.76. The van der Waals surface area contributed by atoms with Crippen LogP contribution in [0.5, 0.6) is 0 Å². The Balaban J connectivity index is 2.08. The van der Waals surface area contributed by atoms with E-state index in [-0.39, 0.29) is 24.4 Å². The number of benzene rings is 1. The second kappa shape index (κ2) is 6.23. The van der Waals surface area contributed by atoms with Gasteiger partial charge in [0.15, 0.2) is 0 Å². The Hall–Kier alpha value is -1.27. The van der Waals surface area contributed by atoms with Crippen LogP contribution in [0, 0.1) is 5.82 Å². The van der Waals surface area contributed by atoms with Crippen molar-refractivity contribution in [3.63, 3.8) is 0 Å². The molecule has 21 heavy (non-hydrogen) atoms. The number of urea groups is 1. The van der Waals surface area contributed by atoms with Crippen molar-refractivity contribution < 1.29 is 14.3 Å². The number of halogens is 1. The molecular formula is C15H21FN2O2S. The highest BCUT2D eigenvalue weighted by atomic mass is 32.2. The number of nitrogens with one attached hydrogen (secondary N) is 1. The third kappa shape index (κ3) is 4.35. The van der Waals surface area contributed by atoms with E-state index in [2.05, 4.69) is 5.32 Å². The minimum atomic E-state index is -0.946. The zero-order valence-electron chi connectivity index (χ0n) is 12.5. The number of rotatable bonds is 3. The van der Waals surface area contributed by atoms with Crippen molar-refractivity contribution in [2.24, 2.45) is 0 Å². The number of hydrogen-bond acceptors (Lipinski definition) is 3. The SMILES string of the molecule is CN(CC(C)(C)O)C(=O)NC1CCSc2ccc(F)cc21. The molecule has 0 spiro atoms. The molecule has 1 aromatic rings. The Morgan fingerprint density at radius 3 is 2.95 bits per heavy atom. The first-order valence-corrected chi connectivity index (χ1v) is 7.91. The second-order valence-corrected chi connectivity index (χ2v) is 7.13. The summed E-state index contributed by atoms with van der Waals surface area (Å²) in [6, 6.07) is 4.24. The number of fused-ring (bicyclic) bond motifs is 1. The van der Waals surface area contributed by atoms with Gasteiger partial charge in [-0.3, -0.25) is 0 Å². The van der Waals surface area contributed by atoms with E-state index in [0.29, 0.717) is 0 Å². The maximum atomic E-state index is 13.4. The van der Waals surface area contributed by atoms with E-state index >= 15 is 0 Å². The molecule has 4 nitrogen and oxygen atoms in total. The molecule has 0 fully saturated rings. The minimum Gasteiger partial charge on any atom is -0.389 e. The molecular weight excluding hydrogens is 291 g/mol. The summed E-state index contributed by atoms with van der Waals surface area (Å²) >= 11 is 1.68. The van der Waals surface area contributed by atoms with E-state index in [9.17, 15) is 14.3 Å². The molecule has 0 saturated carbocycles. The number of carbonyl (C=O) groups excluding carboxylic acids is 1. The second-order valence-electron chi connectivity index (χ2n) is 5.99. The number of nitrogens with zero attached hydrogens (tertiary/aromatic N) is 1. The highest BCUT2D eigenvalue weighted by Crippen LogP contribution is 2.36. The summed E-state index contributed by atoms with van der Waals surface area (Å²) in [5.74, 6) is 0.596. The fourth-order valence-electron chi connectivity index (χ4n) is 2.43. The number of hydrogen-bond donors (Lipinski definition) is 2. The Morgan fingerprint density at radius 2 is 2.29 bits per heavy atom. The van der Waals surface area contributed by atoms with Crippen LogP contribution in [0.15, 0.2) is 23.1 Å². The van der Waals surface area contributed by atoms with Gasteiger partial charge in [0.05, 0.1) is 18.2 Å². The molecule has 0 bridgehead atoms. The number of amides is 2. The fourth-order valence-corrected chi connectivity index (χ4v) is 3.53. The molecule has 1 aliphatic heterocycles. The molecule has 1 aliphatic rings. The molecule has 6 heteroatoms. The van der Waals surface area contributed by atoms with Gasteiger partial charge < -0.3 is 15.3 Å². The lowest BCUT2D eigenvalue weighted by Crippen LogP contribution is -2.46. The maximum Gasteiger partial charge on any atom is 0.317 e. The smallest absolute Gasteiger partial charge is 0.317 e. The average molecular weight is 312 g/mol. The highest BCUT2D eigenvalue weighted by molar-refractivity contribution is 7.99. The van der Waals surface area contributed by atoms with Gasteiger partial charge in [0.1, 0.15) is 5.82 Å². The van der Waals surface area contributed by atoms with Crippen molar-refractivity contribution in [3.8, 4) is 0 Å². The van der Waals surface area contributed by atoms with Crippen LogP contribution in [0.25, 0.3) is 0 Å². The summed E-state index contributed by atoms with van der Waals surface area (Å²) in [6.45, 7) is 3.54. The normalized spacial score (nSPS) is 18.0. The zero-order valence-corrected chi connectivity index (χ0v) is 13.3. The van der Waals surface area contributed by atoms with Crippen LogP contribution in [0.2, 0.25) is 0 Å². The van der Waals surface area contributed by atoms with E-state index in [0.717, 1.165) is 22.6 Å². The van der Waals surface area contributed by atoms with E-state index in [1.54, 1.807) is 38.7 Å². The quantitative estimate of drug-likeness (QED) is 0.902. The van der Waals surface area contributed by atoms with Gasteiger partial charge in [-0.25, -0.2) is 9.18 Å². The van der Waals surface area contributed by atoms with E-state index < -0.39 is 5.60 Å². The lowest BCUT2D eigenvalue weighted by Gasteiger charge is -2.30. The van der Waals surface area contributed by atoms with Crippen molar-refractivity contribution in [1.29, 1.82) is 0 Å². The van der Waals surface area contributed by atoms with Gasteiger partial charge >= 0.3 is 6.03 Å². The number of thioether (sulfide) groups is 1. The average Bonchev–Trinajstić information content (AvgIpc) is 2.37. The van der Waals surface area contributed by atoms with Gasteiger partial charge in [-0.2, -0.15) is 0 Å². The molecule has 2 N–H and O–H groups in total. The molecule has 2 rings (SSSR count). The van der Waals surface area contributed by atoms with Crippen LogP contribution in [0.3, 0.4) is 0 Å². The van der Waals surface area contributed by atoms with E-state index in [1.807, 2.05) is 0 Å². The van der Waals surface area contributed by atoms with Crippen molar-refractivity contribution in [2.75, 3.05) is 19.3 Å². The molecule has 1 atom stereocenters. The lowest BCUT2D eigenvalue weighted by molar-refractivity contribution is 0.0527. The van der Waals surface area contributed by atoms with Crippen molar-refractivity contribution in [2.45, 2.75) is 36.8 Å². The molecule has 0 aromatic heterocycles. The predicted octanol–water partition coefficient (Wildman–Crippen LogP) is 2.77. The van der Waals surface area contributed by atoms with Gasteiger partial charge in [-0.15, -0.1) is 11.8 Å². The molecule has 1 heterocycles. The van der Waals surface area contributed by atoms with Crippen LogP contribution in [0.4, 0.5) is 9.18 Å². The third-order valence-electron chi connectivity index (χ3n) is 3.28.